The first-order valence-electron chi connectivity index (χ1n) is 8.06. The van der Waals surface area contributed by atoms with Crippen LogP contribution in [0, 0.1) is 19.8 Å². The number of nitrogens with one attached hydrogen (secondary N) is 1. The van der Waals surface area contributed by atoms with Crippen molar-refractivity contribution in [2.45, 2.75) is 46.6 Å². The van der Waals surface area contributed by atoms with Crippen LogP contribution in [0.15, 0.2) is 18.2 Å². The van der Waals surface area contributed by atoms with E-state index in [2.05, 4.69) is 39.1 Å². The summed E-state index contributed by atoms with van der Waals surface area (Å²) in [5.41, 5.74) is 3.13. The fraction of sp³-hybridized carbons (Fsp3) is 0.611. The summed E-state index contributed by atoms with van der Waals surface area (Å²) >= 11 is 0. The van der Waals surface area contributed by atoms with Crippen LogP contribution in [0.2, 0.25) is 0 Å². The average Bonchev–Trinajstić information content (AvgIpc) is 2.88. The van der Waals surface area contributed by atoms with Crippen LogP contribution in [-0.4, -0.2) is 36.5 Å². The van der Waals surface area contributed by atoms with Gasteiger partial charge in [0.15, 0.2) is 0 Å². The van der Waals surface area contributed by atoms with Gasteiger partial charge in [-0.3, -0.25) is 4.79 Å². The van der Waals surface area contributed by atoms with E-state index in [1.807, 2.05) is 17.0 Å². The minimum absolute atomic E-state index is 0.171. The molecule has 21 heavy (non-hydrogen) atoms. The lowest BCUT2D eigenvalue weighted by Gasteiger charge is -2.28. The van der Waals surface area contributed by atoms with Gasteiger partial charge in [0.2, 0.25) is 0 Å². The van der Waals surface area contributed by atoms with E-state index < -0.39 is 0 Å². The van der Waals surface area contributed by atoms with Crippen LogP contribution < -0.4 is 5.32 Å². The van der Waals surface area contributed by atoms with Gasteiger partial charge in [0.05, 0.1) is 0 Å². The van der Waals surface area contributed by atoms with Crippen molar-refractivity contribution in [2.24, 2.45) is 5.92 Å². The molecule has 0 saturated carbocycles. The van der Waals surface area contributed by atoms with Crippen molar-refractivity contribution < 1.29 is 4.79 Å². The number of hydrogen-bond donors (Lipinski definition) is 1. The maximum atomic E-state index is 12.9. The highest BCUT2D eigenvalue weighted by atomic mass is 16.2. The highest BCUT2D eigenvalue weighted by Gasteiger charge is 2.23. The van der Waals surface area contributed by atoms with Crippen molar-refractivity contribution in [1.82, 2.24) is 10.2 Å². The zero-order valence-corrected chi connectivity index (χ0v) is 13.8. The molecule has 1 aromatic carbocycles. The lowest BCUT2D eigenvalue weighted by Crippen LogP contribution is -2.42. The molecule has 1 heterocycles. The van der Waals surface area contributed by atoms with Crippen LogP contribution in [0.3, 0.4) is 0 Å². The summed E-state index contributed by atoms with van der Waals surface area (Å²) in [5, 5.41) is 3.50. The minimum Gasteiger partial charge on any atom is -0.337 e. The van der Waals surface area contributed by atoms with Crippen LogP contribution in [0.5, 0.6) is 0 Å². The van der Waals surface area contributed by atoms with Crippen molar-refractivity contribution in [3.63, 3.8) is 0 Å². The molecular formula is C18H28N2O. The first-order chi connectivity index (χ1) is 9.95. The molecule has 0 spiro atoms. The summed E-state index contributed by atoms with van der Waals surface area (Å²) in [5.74, 6) is 0.658. The fourth-order valence-electron chi connectivity index (χ4n) is 3.14. The van der Waals surface area contributed by atoms with E-state index >= 15 is 0 Å². The van der Waals surface area contributed by atoms with Gasteiger partial charge in [0.1, 0.15) is 0 Å². The number of aryl methyl sites for hydroxylation is 2. The summed E-state index contributed by atoms with van der Waals surface area (Å²) in [4.78, 5) is 14.9. The summed E-state index contributed by atoms with van der Waals surface area (Å²) in [6.07, 6.45) is 2.40. The molecule has 116 valence electrons. The molecule has 1 aliphatic heterocycles. The predicted octanol–water partition coefficient (Wildman–Crippen LogP) is 3.15. The van der Waals surface area contributed by atoms with Gasteiger partial charge in [0, 0.05) is 24.7 Å². The molecule has 2 rings (SSSR count). The normalized spacial score (nSPS) is 18.2. The van der Waals surface area contributed by atoms with Gasteiger partial charge in [0.25, 0.3) is 5.91 Å². The van der Waals surface area contributed by atoms with E-state index in [1.54, 1.807) is 0 Å². The van der Waals surface area contributed by atoms with Crippen molar-refractivity contribution in [3.8, 4) is 0 Å². The molecule has 3 heteroatoms. The third-order valence-corrected chi connectivity index (χ3v) is 3.94. The van der Waals surface area contributed by atoms with Crippen LogP contribution in [0.1, 0.15) is 48.2 Å². The Bertz CT molecular complexity index is 470. The molecule has 1 N–H and O–H groups in total. The van der Waals surface area contributed by atoms with Gasteiger partial charge < -0.3 is 10.2 Å². The minimum atomic E-state index is 0.171. The van der Waals surface area contributed by atoms with E-state index in [9.17, 15) is 4.79 Å². The third kappa shape index (κ3) is 4.57. The second kappa shape index (κ2) is 7.08. The van der Waals surface area contributed by atoms with Gasteiger partial charge in [-0.2, -0.15) is 0 Å². The largest absolute Gasteiger partial charge is 0.337 e. The van der Waals surface area contributed by atoms with Gasteiger partial charge in [-0.1, -0.05) is 31.0 Å². The molecule has 1 saturated heterocycles. The molecule has 1 aromatic rings. The summed E-state index contributed by atoms with van der Waals surface area (Å²) < 4.78 is 0. The Kier molecular flexibility index (Phi) is 5.40. The highest BCUT2D eigenvalue weighted by Crippen LogP contribution is 2.15. The van der Waals surface area contributed by atoms with Gasteiger partial charge >= 0.3 is 0 Å². The van der Waals surface area contributed by atoms with Crippen LogP contribution in [0.4, 0.5) is 0 Å². The predicted molar refractivity (Wildman–Crippen MR) is 87.7 cm³/mol. The van der Waals surface area contributed by atoms with E-state index in [0.717, 1.165) is 36.3 Å². The number of carbonyl (C=O) groups is 1. The van der Waals surface area contributed by atoms with Gasteiger partial charge in [-0.25, -0.2) is 0 Å². The number of nitrogens with zero attached hydrogens (tertiary/aromatic N) is 1. The number of rotatable bonds is 5. The Morgan fingerprint density at radius 3 is 2.48 bits per heavy atom. The first-order valence-corrected chi connectivity index (χ1v) is 8.06. The first kappa shape index (κ1) is 16.0. The van der Waals surface area contributed by atoms with Crippen LogP contribution >= 0.6 is 0 Å². The Hall–Kier alpha value is -1.35. The molecule has 3 nitrogen and oxygen atoms in total. The van der Waals surface area contributed by atoms with E-state index in [4.69, 9.17) is 0 Å². The molecule has 0 radical (unpaired) electrons. The Morgan fingerprint density at radius 1 is 1.29 bits per heavy atom. The van der Waals surface area contributed by atoms with Gasteiger partial charge in [-0.05, 0) is 51.3 Å². The summed E-state index contributed by atoms with van der Waals surface area (Å²) in [6.45, 7) is 11.2. The van der Waals surface area contributed by atoms with E-state index in [1.165, 1.54) is 12.8 Å². The summed E-state index contributed by atoms with van der Waals surface area (Å²) in [6, 6.07) is 6.58. The summed E-state index contributed by atoms with van der Waals surface area (Å²) in [7, 11) is 0. The zero-order chi connectivity index (χ0) is 15.4. The molecule has 0 aliphatic carbocycles. The van der Waals surface area contributed by atoms with Crippen molar-refractivity contribution in [3.05, 3.63) is 34.9 Å². The molecule has 0 aromatic heterocycles. The third-order valence-electron chi connectivity index (χ3n) is 3.94. The number of carbonyl (C=O) groups excluding carboxylic acids is 1. The monoisotopic (exact) mass is 288 g/mol. The van der Waals surface area contributed by atoms with Crippen LogP contribution in [-0.2, 0) is 0 Å². The molecule has 1 aliphatic rings. The van der Waals surface area contributed by atoms with Crippen molar-refractivity contribution in [1.29, 1.82) is 0 Å². The second-order valence-electron chi connectivity index (χ2n) is 6.77. The number of benzene rings is 1. The smallest absolute Gasteiger partial charge is 0.253 e. The number of hydrogen-bond acceptors (Lipinski definition) is 2. The Labute approximate surface area is 128 Å². The van der Waals surface area contributed by atoms with E-state index in [0.29, 0.717) is 12.0 Å². The van der Waals surface area contributed by atoms with Crippen molar-refractivity contribution in [2.75, 3.05) is 19.6 Å². The van der Waals surface area contributed by atoms with Crippen molar-refractivity contribution >= 4 is 5.91 Å². The maximum Gasteiger partial charge on any atom is 0.253 e. The second-order valence-corrected chi connectivity index (χ2v) is 6.77. The molecule has 1 amide bonds. The molecule has 1 fully saturated rings. The lowest BCUT2D eigenvalue weighted by atomic mass is 10.0. The van der Waals surface area contributed by atoms with Crippen LogP contribution in [0.25, 0.3) is 0 Å². The zero-order valence-electron chi connectivity index (χ0n) is 13.8. The average molecular weight is 288 g/mol. The standard InChI is InChI=1S/C18H28N2O/c1-13(2)11-20(12-17-6-5-7-19-17)18(21)16-9-14(3)8-15(4)10-16/h8-10,13,17,19H,5-7,11-12H2,1-4H3. The topological polar surface area (TPSA) is 32.3 Å². The molecule has 1 unspecified atom stereocenters. The lowest BCUT2D eigenvalue weighted by molar-refractivity contribution is 0.0721. The molecule has 1 atom stereocenters. The number of amides is 1. The highest BCUT2D eigenvalue weighted by molar-refractivity contribution is 5.94. The Morgan fingerprint density at radius 2 is 1.95 bits per heavy atom. The van der Waals surface area contributed by atoms with E-state index in [-0.39, 0.29) is 5.91 Å². The Balaban J connectivity index is 2.15. The maximum absolute atomic E-state index is 12.9. The van der Waals surface area contributed by atoms with Gasteiger partial charge in [-0.15, -0.1) is 0 Å². The molecular weight excluding hydrogens is 260 g/mol. The molecule has 0 bridgehead atoms. The fourth-order valence-corrected chi connectivity index (χ4v) is 3.14. The quantitative estimate of drug-likeness (QED) is 0.902. The SMILES string of the molecule is Cc1cc(C)cc(C(=O)N(CC(C)C)CC2CCCN2)c1.